The van der Waals surface area contributed by atoms with Gasteiger partial charge in [0.2, 0.25) is 10.0 Å². The molecular formula is C15H14F3NO4S2. The molecule has 0 amide bonds. The number of sulfone groups is 1. The van der Waals surface area contributed by atoms with Crippen LogP contribution in [0.25, 0.3) is 0 Å². The number of alkyl halides is 3. The predicted octanol–water partition coefficient (Wildman–Crippen LogP) is 2.59. The fourth-order valence-corrected chi connectivity index (χ4v) is 3.75. The van der Waals surface area contributed by atoms with Gasteiger partial charge in [-0.25, -0.2) is 21.6 Å². The van der Waals surface area contributed by atoms with Gasteiger partial charge >= 0.3 is 6.18 Å². The Morgan fingerprint density at radius 2 is 1.48 bits per heavy atom. The summed E-state index contributed by atoms with van der Waals surface area (Å²) in [5.41, 5.74) is -0.504. The highest BCUT2D eigenvalue weighted by atomic mass is 32.2. The first-order valence-electron chi connectivity index (χ1n) is 6.85. The molecule has 2 aromatic rings. The fourth-order valence-electron chi connectivity index (χ4n) is 1.95. The van der Waals surface area contributed by atoms with Gasteiger partial charge < -0.3 is 0 Å². The second-order valence-electron chi connectivity index (χ2n) is 5.27. The molecule has 0 fully saturated rings. The smallest absolute Gasteiger partial charge is 0.224 e. The molecule has 0 atom stereocenters. The van der Waals surface area contributed by atoms with Crippen LogP contribution in [-0.2, 0) is 32.6 Å². The number of hydrogen-bond acceptors (Lipinski definition) is 4. The van der Waals surface area contributed by atoms with Crippen LogP contribution in [0, 0.1) is 0 Å². The van der Waals surface area contributed by atoms with Crippen molar-refractivity contribution in [1.82, 2.24) is 4.72 Å². The highest BCUT2D eigenvalue weighted by molar-refractivity contribution is 7.91. The van der Waals surface area contributed by atoms with Crippen LogP contribution >= 0.6 is 0 Å². The van der Waals surface area contributed by atoms with E-state index in [1.807, 2.05) is 0 Å². The van der Waals surface area contributed by atoms with E-state index < -0.39 is 31.6 Å². The lowest BCUT2D eigenvalue weighted by molar-refractivity contribution is -0.137. The van der Waals surface area contributed by atoms with Crippen molar-refractivity contribution in [2.24, 2.45) is 0 Å². The Balaban J connectivity index is 2.17. The van der Waals surface area contributed by atoms with Crippen molar-refractivity contribution in [3.8, 4) is 0 Å². The molecule has 0 bridgehead atoms. The minimum Gasteiger partial charge on any atom is -0.224 e. The summed E-state index contributed by atoms with van der Waals surface area (Å²) in [5, 5.41) is 0. The number of rotatable bonds is 5. The molecule has 0 saturated heterocycles. The van der Waals surface area contributed by atoms with E-state index in [4.69, 9.17) is 0 Å². The maximum Gasteiger partial charge on any atom is 0.416 e. The third-order valence-corrected chi connectivity index (χ3v) is 5.80. The normalized spacial score (nSPS) is 13.0. The first-order chi connectivity index (χ1) is 11.4. The maximum atomic E-state index is 12.5. The third-order valence-electron chi connectivity index (χ3n) is 3.29. The first kappa shape index (κ1) is 19.4. The monoisotopic (exact) mass is 393 g/mol. The van der Waals surface area contributed by atoms with Crippen LogP contribution in [0.1, 0.15) is 11.1 Å². The molecule has 25 heavy (non-hydrogen) atoms. The predicted molar refractivity (Wildman–Crippen MR) is 85.0 cm³/mol. The molecular weight excluding hydrogens is 379 g/mol. The van der Waals surface area contributed by atoms with Gasteiger partial charge in [0.1, 0.15) is 0 Å². The summed E-state index contributed by atoms with van der Waals surface area (Å²) in [4.78, 5) is -0.396. The van der Waals surface area contributed by atoms with E-state index in [1.54, 1.807) is 0 Å². The molecule has 1 N–H and O–H groups in total. The Morgan fingerprint density at radius 1 is 0.920 bits per heavy atom. The van der Waals surface area contributed by atoms with E-state index in [2.05, 4.69) is 4.72 Å². The van der Waals surface area contributed by atoms with Gasteiger partial charge in [-0.1, -0.05) is 18.2 Å². The van der Waals surface area contributed by atoms with E-state index >= 15 is 0 Å². The molecule has 0 aliphatic heterocycles. The van der Waals surface area contributed by atoms with Crippen molar-refractivity contribution < 1.29 is 30.0 Å². The van der Waals surface area contributed by atoms with Gasteiger partial charge in [0, 0.05) is 12.8 Å². The summed E-state index contributed by atoms with van der Waals surface area (Å²) in [6.07, 6.45) is -3.52. The van der Waals surface area contributed by atoms with E-state index in [0.717, 1.165) is 36.6 Å². The zero-order valence-corrected chi connectivity index (χ0v) is 14.5. The molecule has 0 aliphatic carbocycles. The van der Waals surface area contributed by atoms with Gasteiger partial charge in [-0.15, -0.1) is 0 Å². The van der Waals surface area contributed by atoms with Crippen molar-refractivity contribution in [3.05, 3.63) is 59.7 Å². The summed E-state index contributed by atoms with van der Waals surface area (Å²) in [6, 6.07) is 8.85. The molecule has 0 unspecified atom stereocenters. The standard InChI is InChI=1S/C15H14F3NO4S2/c1-24(20,21)13-3-2-4-14(9-13)25(22,23)19-10-11-5-7-12(8-6-11)15(16,17)18/h2-9,19H,10H2,1H3. The van der Waals surface area contributed by atoms with Crippen molar-refractivity contribution in [2.45, 2.75) is 22.5 Å². The minimum absolute atomic E-state index is 0.148. The molecule has 2 rings (SSSR count). The van der Waals surface area contributed by atoms with Gasteiger partial charge in [-0.2, -0.15) is 13.2 Å². The van der Waals surface area contributed by atoms with Gasteiger partial charge in [0.15, 0.2) is 9.84 Å². The molecule has 0 aliphatic rings. The average molecular weight is 393 g/mol. The highest BCUT2D eigenvalue weighted by Gasteiger charge is 2.30. The highest BCUT2D eigenvalue weighted by Crippen LogP contribution is 2.29. The van der Waals surface area contributed by atoms with Crippen molar-refractivity contribution in [3.63, 3.8) is 0 Å². The van der Waals surface area contributed by atoms with Crippen LogP contribution < -0.4 is 4.72 Å². The largest absolute Gasteiger partial charge is 0.416 e. The Hall–Kier alpha value is -1.91. The SMILES string of the molecule is CS(=O)(=O)c1cccc(S(=O)(=O)NCc2ccc(C(F)(F)F)cc2)c1. The Labute approximate surface area is 143 Å². The Kier molecular flexibility index (Phi) is 5.26. The summed E-state index contributed by atoms with van der Waals surface area (Å²) in [5.74, 6) is 0. The molecule has 0 aromatic heterocycles. The number of hydrogen-bond donors (Lipinski definition) is 1. The molecule has 0 spiro atoms. The lowest BCUT2D eigenvalue weighted by Gasteiger charge is -2.10. The lowest BCUT2D eigenvalue weighted by Crippen LogP contribution is -2.23. The molecule has 136 valence electrons. The van der Waals surface area contributed by atoms with Crippen molar-refractivity contribution >= 4 is 19.9 Å². The second kappa shape index (κ2) is 6.77. The van der Waals surface area contributed by atoms with Crippen LogP contribution in [0.2, 0.25) is 0 Å². The number of nitrogens with one attached hydrogen (secondary N) is 1. The van der Waals surface area contributed by atoms with E-state index in [-0.39, 0.29) is 16.3 Å². The Bertz CT molecular complexity index is 967. The van der Waals surface area contributed by atoms with Gasteiger partial charge in [0.25, 0.3) is 0 Å². The molecule has 5 nitrogen and oxygen atoms in total. The zero-order valence-electron chi connectivity index (χ0n) is 12.9. The van der Waals surface area contributed by atoms with E-state index in [9.17, 15) is 30.0 Å². The van der Waals surface area contributed by atoms with Gasteiger partial charge in [-0.05, 0) is 35.9 Å². The second-order valence-corrected chi connectivity index (χ2v) is 9.05. The molecule has 0 radical (unpaired) electrons. The zero-order chi connectivity index (χ0) is 18.9. The van der Waals surface area contributed by atoms with Crippen LogP contribution in [-0.4, -0.2) is 23.1 Å². The summed E-state index contributed by atoms with van der Waals surface area (Å²) < 4.78 is 87.1. The van der Waals surface area contributed by atoms with Crippen molar-refractivity contribution in [1.29, 1.82) is 0 Å². The van der Waals surface area contributed by atoms with Crippen LogP contribution in [0.5, 0.6) is 0 Å². The van der Waals surface area contributed by atoms with E-state index in [0.29, 0.717) is 5.56 Å². The first-order valence-corrected chi connectivity index (χ1v) is 10.2. The molecule has 10 heteroatoms. The summed E-state index contributed by atoms with van der Waals surface area (Å²) >= 11 is 0. The van der Waals surface area contributed by atoms with Gasteiger partial charge in [0.05, 0.1) is 15.4 Å². The quantitative estimate of drug-likeness (QED) is 0.847. The average Bonchev–Trinajstić information content (AvgIpc) is 2.52. The Morgan fingerprint density at radius 3 is 2.00 bits per heavy atom. The summed E-state index contributed by atoms with van der Waals surface area (Å²) in [7, 11) is -7.59. The number of benzene rings is 2. The number of sulfonamides is 1. The van der Waals surface area contributed by atoms with Gasteiger partial charge in [-0.3, -0.25) is 0 Å². The van der Waals surface area contributed by atoms with Crippen LogP contribution in [0.4, 0.5) is 13.2 Å². The lowest BCUT2D eigenvalue weighted by atomic mass is 10.1. The maximum absolute atomic E-state index is 12.5. The topological polar surface area (TPSA) is 80.3 Å². The summed E-state index contributed by atoms with van der Waals surface area (Å²) in [6.45, 7) is -0.233. The molecule has 2 aromatic carbocycles. The fraction of sp³-hybridized carbons (Fsp3) is 0.200. The molecule has 0 heterocycles. The number of halogens is 3. The van der Waals surface area contributed by atoms with Crippen LogP contribution in [0.15, 0.2) is 58.3 Å². The van der Waals surface area contributed by atoms with E-state index in [1.165, 1.54) is 18.2 Å². The van der Waals surface area contributed by atoms with Crippen molar-refractivity contribution in [2.75, 3.05) is 6.26 Å². The van der Waals surface area contributed by atoms with Crippen LogP contribution in [0.3, 0.4) is 0 Å². The minimum atomic E-state index is -4.47. The molecule has 0 saturated carbocycles. The third kappa shape index (κ3) is 5.03.